The number of carbonyl (C=O) groups excluding carboxylic acids is 1. The molecule has 0 aliphatic carbocycles. The Kier molecular flexibility index (Phi) is 5.33. The summed E-state index contributed by atoms with van der Waals surface area (Å²) >= 11 is 0. The molecule has 8 heteroatoms. The monoisotopic (exact) mass is 356 g/mol. The van der Waals surface area contributed by atoms with Crippen molar-refractivity contribution in [1.29, 1.82) is 0 Å². The number of para-hydroxylation sites is 3. The number of nitrogens with one attached hydrogen (secondary N) is 1. The van der Waals surface area contributed by atoms with Crippen molar-refractivity contribution in [3.05, 3.63) is 54.1 Å². The second-order valence-electron chi connectivity index (χ2n) is 5.32. The number of carbonyl (C=O) groups is 2. The number of rotatable bonds is 6. The molecule has 8 nitrogen and oxygen atoms in total. The summed E-state index contributed by atoms with van der Waals surface area (Å²) in [6.07, 6.45) is 0.549. The van der Waals surface area contributed by atoms with Gasteiger partial charge in [0, 0.05) is 5.56 Å². The molecular formula is C18H16N2O6. The van der Waals surface area contributed by atoms with Gasteiger partial charge in [-0.15, -0.1) is 0 Å². The molecule has 0 bridgehead atoms. The first-order valence-electron chi connectivity index (χ1n) is 7.78. The molecular weight excluding hydrogens is 340 g/mol. The van der Waals surface area contributed by atoms with Crippen LogP contribution in [0.15, 0.2) is 53.6 Å². The van der Waals surface area contributed by atoms with Gasteiger partial charge >= 0.3 is 5.97 Å². The summed E-state index contributed by atoms with van der Waals surface area (Å²) in [7, 11) is 0. The van der Waals surface area contributed by atoms with Crippen molar-refractivity contribution < 1.29 is 28.9 Å². The van der Waals surface area contributed by atoms with Crippen LogP contribution in [-0.2, 0) is 9.59 Å². The van der Waals surface area contributed by atoms with Gasteiger partial charge in [-0.05, 0) is 24.3 Å². The molecule has 26 heavy (non-hydrogen) atoms. The molecule has 2 aromatic rings. The number of aliphatic carboxylic acids is 1. The number of hydrogen-bond acceptors (Lipinski definition) is 6. The van der Waals surface area contributed by atoms with Gasteiger partial charge < -0.3 is 19.3 Å². The summed E-state index contributed by atoms with van der Waals surface area (Å²) in [4.78, 5) is 22.8. The minimum absolute atomic E-state index is 0.0800. The molecule has 2 aromatic carbocycles. The van der Waals surface area contributed by atoms with Gasteiger partial charge in [-0.25, -0.2) is 10.2 Å². The molecule has 3 rings (SSSR count). The highest BCUT2D eigenvalue weighted by Crippen LogP contribution is 2.30. The molecule has 0 radical (unpaired) electrons. The lowest BCUT2D eigenvalue weighted by molar-refractivity contribution is -0.139. The number of hydrogen-bond donors (Lipinski definition) is 2. The maximum absolute atomic E-state index is 12.2. The fourth-order valence-corrected chi connectivity index (χ4v) is 2.24. The number of ether oxygens (including phenoxy) is 3. The van der Waals surface area contributed by atoms with Crippen LogP contribution in [0.2, 0.25) is 0 Å². The van der Waals surface area contributed by atoms with Crippen LogP contribution >= 0.6 is 0 Å². The fourth-order valence-electron chi connectivity index (χ4n) is 2.24. The number of benzene rings is 2. The van der Waals surface area contributed by atoms with E-state index in [2.05, 4.69) is 10.5 Å². The lowest BCUT2D eigenvalue weighted by atomic mass is 10.2. The van der Waals surface area contributed by atoms with Crippen LogP contribution in [0, 0.1) is 0 Å². The lowest BCUT2D eigenvalue weighted by Gasteiger charge is -2.24. The second-order valence-corrected chi connectivity index (χ2v) is 5.32. The molecule has 0 saturated carbocycles. The summed E-state index contributed by atoms with van der Waals surface area (Å²) < 4.78 is 16.2. The van der Waals surface area contributed by atoms with Crippen molar-refractivity contribution in [2.45, 2.75) is 6.10 Å². The number of amides is 1. The fraction of sp³-hybridized carbons (Fsp3) is 0.167. The first-order valence-corrected chi connectivity index (χ1v) is 7.78. The topological polar surface area (TPSA) is 106 Å². The van der Waals surface area contributed by atoms with Gasteiger partial charge in [0.25, 0.3) is 5.91 Å². The zero-order valence-electron chi connectivity index (χ0n) is 13.6. The minimum atomic E-state index is -1.08. The van der Waals surface area contributed by atoms with Gasteiger partial charge in [0.1, 0.15) is 12.4 Å². The molecule has 1 atom stereocenters. The average Bonchev–Trinajstić information content (AvgIpc) is 2.66. The second kappa shape index (κ2) is 8.02. The number of nitrogens with zero attached hydrogens (tertiary/aromatic N) is 1. The molecule has 2 N–H and O–H groups in total. The Morgan fingerprint density at radius 1 is 1.19 bits per heavy atom. The van der Waals surface area contributed by atoms with Crippen LogP contribution in [0.5, 0.6) is 17.2 Å². The molecule has 1 aliphatic rings. The van der Waals surface area contributed by atoms with E-state index < -0.39 is 24.6 Å². The van der Waals surface area contributed by atoms with E-state index >= 15 is 0 Å². The highest BCUT2D eigenvalue weighted by molar-refractivity contribution is 5.86. The Labute approximate surface area is 149 Å². The normalized spacial score (nSPS) is 15.5. The molecule has 0 unspecified atom stereocenters. The van der Waals surface area contributed by atoms with Crippen molar-refractivity contribution in [3.63, 3.8) is 0 Å². The van der Waals surface area contributed by atoms with Gasteiger partial charge in [0.15, 0.2) is 18.1 Å². The van der Waals surface area contributed by atoms with E-state index in [-0.39, 0.29) is 6.61 Å². The van der Waals surface area contributed by atoms with E-state index in [0.717, 1.165) is 0 Å². The highest BCUT2D eigenvalue weighted by Gasteiger charge is 2.26. The summed E-state index contributed by atoms with van der Waals surface area (Å²) in [5, 5.41) is 12.6. The maximum Gasteiger partial charge on any atom is 0.341 e. The van der Waals surface area contributed by atoms with Gasteiger partial charge in [-0.1, -0.05) is 24.3 Å². The number of carboxylic acids is 1. The van der Waals surface area contributed by atoms with E-state index in [1.165, 1.54) is 6.21 Å². The van der Waals surface area contributed by atoms with Gasteiger partial charge in [0.2, 0.25) is 6.10 Å². The number of fused-ring (bicyclic) bond motifs is 1. The molecule has 134 valence electrons. The Balaban J connectivity index is 1.59. The van der Waals surface area contributed by atoms with Crippen molar-refractivity contribution in [3.8, 4) is 17.2 Å². The van der Waals surface area contributed by atoms with Crippen molar-refractivity contribution in [2.75, 3.05) is 13.2 Å². The van der Waals surface area contributed by atoms with E-state index in [4.69, 9.17) is 19.3 Å². The Morgan fingerprint density at radius 2 is 1.92 bits per heavy atom. The van der Waals surface area contributed by atoms with Crippen LogP contribution < -0.4 is 19.6 Å². The van der Waals surface area contributed by atoms with Crippen molar-refractivity contribution >= 4 is 18.1 Å². The molecule has 1 aliphatic heterocycles. The maximum atomic E-state index is 12.2. The standard InChI is InChI=1S/C18H16N2O6/c21-17(22)11-25-13-6-2-1-5-12(13)9-19-20-18(23)16-10-24-14-7-3-4-8-15(14)26-16/h1-9,16H,10-11H2,(H,20,23)(H,21,22)/b19-9-/t16-/m0/s1. The summed E-state index contributed by atoms with van der Waals surface area (Å²) in [6, 6.07) is 13.8. The number of carboxylic acid groups (broad SMARTS) is 1. The predicted molar refractivity (Wildman–Crippen MR) is 91.7 cm³/mol. The van der Waals surface area contributed by atoms with Crippen molar-refractivity contribution in [1.82, 2.24) is 5.43 Å². The van der Waals surface area contributed by atoms with Gasteiger partial charge in [0.05, 0.1) is 6.21 Å². The van der Waals surface area contributed by atoms with Gasteiger partial charge in [-0.2, -0.15) is 5.10 Å². The summed E-state index contributed by atoms with van der Waals surface area (Å²) in [6.45, 7) is -0.388. The SMILES string of the molecule is O=C(O)COc1ccccc1/C=N\NC(=O)[C@@H]1COc2ccccc2O1. The molecule has 1 amide bonds. The predicted octanol–water partition coefficient (Wildman–Crippen LogP) is 1.44. The Hall–Kier alpha value is -3.55. The van der Waals surface area contributed by atoms with Crippen LogP contribution in [-0.4, -0.2) is 42.5 Å². The summed E-state index contributed by atoms with van der Waals surface area (Å²) in [5.41, 5.74) is 2.91. The molecule has 0 spiro atoms. The largest absolute Gasteiger partial charge is 0.485 e. The molecule has 1 heterocycles. The smallest absolute Gasteiger partial charge is 0.341 e. The van der Waals surface area contributed by atoms with Crippen LogP contribution in [0.25, 0.3) is 0 Å². The van der Waals surface area contributed by atoms with Crippen LogP contribution in [0.4, 0.5) is 0 Å². The molecule has 0 fully saturated rings. The average molecular weight is 356 g/mol. The molecule has 0 aromatic heterocycles. The third-order valence-electron chi connectivity index (χ3n) is 3.45. The lowest BCUT2D eigenvalue weighted by Crippen LogP contribution is -2.42. The van der Waals surface area contributed by atoms with E-state index in [9.17, 15) is 9.59 Å². The van der Waals surface area contributed by atoms with E-state index in [0.29, 0.717) is 22.8 Å². The van der Waals surface area contributed by atoms with E-state index in [1.807, 2.05) is 6.07 Å². The highest BCUT2D eigenvalue weighted by atomic mass is 16.6. The summed E-state index contributed by atoms with van der Waals surface area (Å²) in [5.74, 6) is -0.113. The van der Waals surface area contributed by atoms with Crippen LogP contribution in [0.1, 0.15) is 5.56 Å². The third-order valence-corrected chi connectivity index (χ3v) is 3.45. The molecule has 0 saturated heterocycles. The van der Waals surface area contributed by atoms with E-state index in [1.54, 1.807) is 42.5 Å². The third kappa shape index (κ3) is 4.29. The first-order chi connectivity index (χ1) is 12.6. The number of hydrazone groups is 1. The minimum Gasteiger partial charge on any atom is -0.485 e. The quantitative estimate of drug-likeness (QED) is 0.599. The van der Waals surface area contributed by atoms with Crippen LogP contribution in [0.3, 0.4) is 0 Å². The Bertz CT molecular complexity index is 836. The zero-order valence-corrected chi connectivity index (χ0v) is 13.6. The van der Waals surface area contributed by atoms with Gasteiger partial charge in [-0.3, -0.25) is 4.79 Å². The van der Waals surface area contributed by atoms with Crippen molar-refractivity contribution in [2.24, 2.45) is 5.10 Å². The first kappa shape index (κ1) is 17.3. The zero-order chi connectivity index (χ0) is 18.4. The Morgan fingerprint density at radius 3 is 2.73 bits per heavy atom.